The van der Waals surface area contributed by atoms with Gasteiger partial charge in [-0.2, -0.15) is 5.10 Å². The molecule has 1 heterocycles. The number of ether oxygens (including phenoxy) is 1. The predicted molar refractivity (Wildman–Crippen MR) is 115 cm³/mol. The van der Waals surface area contributed by atoms with Gasteiger partial charge in [0.2, 0.25) is 5.91 Å². The molecule has 6 nitrogen and oxygen atoms in total. The molecule has 0 spiro atoms. The number of carbonyl (C=O) groups is 1. The largest absolute Gasteiger partial charge is 0.497 e. The summed E-state index contributed by atoms with van der Waals surface area (Å²) >= 11 is 0. The molecule has 3 aromatic rings. The Labute approximate surface area is 171 Å². The standard InChI is InChI=1S/C23H28N4O2/c1-17(2)25-22(28)13-14-24-15-19-16-27(20-7-5-4-6-8-20)26-23(19)18-9-11-21(29-3)12-10-18/h4-12,16-17,24H,13-15H2,1-3H3,(H,25,28). The molecule has 29 heavy (non-hydrogen) atoms. The summed E-state index contributed by atoms with van der Waals surface area (Å²) in [7, 11) is 1.66. The van der Waals surface area contributed by atoms with E-state index in [2.05, 4.69) is 10.6 Å². The summed E-state index contributed by atoms with van der Waals surface area (Å²) < 4.78 is 7.15. The second-order valence-electron chi connectivity index (χ2n) is 7.16. The van der Waals surface area contributed by atoms with Gasteiger partial charge in [-0.15, -0.1) is 0 Å². The predicted octanol–water partition coefficient (Wildman–Crippen LogP) is 3.55. The molecule has 0 aliphatic rings. The number of benzene rings is 2. The number of nitrogens with one attached hydrogen (secondary N) is 2. The van der Waals surface area contributed by atoms with Crippen LogP contribution in [0.4, 0.5) is 0 Å². The van der Waals surface area contributed by atoms with Crippen molar-refractivity contribution in [2.24, 2.45) is 0 Å². The Bertz CT molecular complexity index is 918. The molecular weight excluding hydrogens is 364 g/mol. The molecule has 0 saturated heterocycles. The van der Waals surface area contributed by atoms with E-state index in [4.69, 9.17) is 9.84 Å². The summed E-state index contributed by atoms with van der Waals surface area (Å²) in [6.45, 7) is 5.16. The first kappa shape index (κ1) is 20.6. The zero-order valence-corrected chi connectivity index (χ0v) is 17.2. The Balaban J connectivity index is 1.76. The summed E-state index contributed by atoms with van der Waals surface area (Å²) in [5, 5.41) is 11.1. The third-order valence-corrected chi connectivity index (χ3v) is 4.47. The minimum atomic E-state index is 0.0582. The molecule has 1 aromatic heterocycles. The Morgan fingerprint density at radius 2 is 1.83 bits per heavy atom. The van der Waals surface area contributed by atoms with Crippen LogP contribution in [0.3, 0.4) is 0 Å². The molecule has 0 aliphatic heterocycles. The van der Waals surface area contributed by atoms with Gasteiger partial charge in [0.25, 0.3) is 0 Å². The van der Waals surface area contributed by atoms with Crippen molar-refractivity contribution in [1.82, 2.24) is 20.4 Å². The normalized spacial score (nSPS) is 10.9. The van der Waals surface area contributed by atoms with E-state index in [0.717, 1.165) is 28.3 Å². The zero-order valence-electron chi connectivity index (χ0n) is 17.2. The lowest BCUT2D eigenvalue weighted by Gasteiger charge is -2.09. The van der Waals surface area contributed by atoms with Crippen LogP contribution in [0.15, 0.2) is 60.8 Å². The highest BCUT2D eigenvalue weighted by Gasteiger charge is 2.13. The van der Waals surface area contributed by atoms with Crippen LogP contribution >= 0.6 is 0 Å². The van der Waals surface area contributed by atoms with E-state index in [1.54, 1.807) is 7.11 Å². The smallest absolute Gasteiger partial charge is 0.221 e. The second-order valence-corrected chi connectivity index (χ2v) is 7.16. The maximum atomic E-state index is 11.8. The number of hydrogen-bond donors (Lipinski definition) is 2. The van der Waals surface area contributed by atoms with Crippen LogP contribution in [0.5, 0.6) is 5.75 Å². The van der Waals surface area contributed by atoms with Crippen molar-refractivity contribution in [2.75, 3.05) is 13.7 Å². The van der Waals surface area contributed by atoms with Gasteiger partial charge in [0.1, 0.15) is 5.75 Å². The van der Waals surface area contributed by atoms with Crippen molar-refractivity contribution in [3.8, 4) is 22.7 Å². The topological polar surface area (TPSA) is 68.2 Å². The third-order valence-electron chi connectivity index (χ3n) is 4.47. The summed E-state index contributed by atoms with van der Waals surface area (Å²) in [5.41, 5.74) is 4.01. The van der Waals surface area contributed by atoms with Crippen LogP contribution in [-0.2, 0) is 11.3 Å². The van der Waals surface area contributed by atoms with E-state index >= 15 is 0 Å². The van der Waals surface area contributed by atoms with E-state index < -0.39 is 0 Å². The monoisotopic (exact) mass is 392 g/mol. The van der Waals surface area contributed by atoms with Crippen LogP contribution in [-0.4, -0.2) is 35.4 Å². The highest BCUT2D eigenvalue weighted by molar-refractivity contribution is 5.76. The Morgan fingerprint density at radius 1 is 1.10 bits per heavy atom. The summed E-state index contributed by atoms with van der Waals surface area (Å²) in [4.78, 5) is 11.8. The number of aromatic nitrogens is 2. The van der Waals surface area contributed by atoms with Gasteiger partial charge in [-0.1, -0.05) is 18.2 Å². The molecule has 2 N–H and O–H groups in total. The van der Waals surface area contributed by atoms with Gasteiger partial charge < -0.3 is 15.4 Å². The maximum Gasteiger partial charge on any atom is 0.221 e. The zero-order chi connectivity index (χ0) is 20.6. The minimum absolute atomic E-state index is 0.0582. The van der Waals surface area contributed by atoms with E-state index in [-0.39, 0.29) is 11.9 Å². The molecule has 0 aliphatic carbocycles. The molecule has 6 heteroatoms. The number of rotatable bonds is 9. The number of amides is 1. The van der Waals surface area contributed by atoms with E-state index in [1.807, 2.05) is 79.3 Å². The molecule has 3 rings (SSSR count). The van der Waals surface area contributed by atoms with Gasteiger partial charge in [-0.25, -0.2) is 4.68 Å². The van der Waals surface area contributed by atoms with Gasteiger partial charge in [0.05, 0.1) is 18.5 Å². The van der Waals surface area contributed by atoms with Crippen molar-refractivity contribution >= 4 is 5.91 Å². The van der Waals surface area contributed by atoms with Crippen LogP contribution < -0.4 is 15.4 Å². The first-order valence-electron chi connectivity index (χ1n) is 9.85. The molecule has 0 radical (unpaired) electrons. The van der Waals surface area contributed by atoms with E-state index in [1.165, 1.54) is 0 Å². The maximum absolute atomic E-state index is 11.8. The SMILES string of the molecule is COc1ccc(-c2nn(-c3ccccc3)cc2CNCCC(=O)NC(C)C)cc1. The fourth-order valence-corrected chi connectivity index (χ4v) is 3.06. The van der Waals surface area contributed by atoms with Crippen molar-refractivity contribution in [1.29, 1.82) is 0 Å². The molecule has 0 fully saturated rings. The lowest BCUT2D eigenvalue weighted by molar-refractivity contribution is -0.121. The number of nitrogens with zero attached hydrogens (tertiary/aromatic N) is 2. The molecule has 152 valence electrons. The summed E-state index contributed by atoms with van der Waals surface area (Å²) in [6.07, 6.45) is 2.49. The highest BCUT2D eigenvalue weighted by Crippen LogP contribution is 2.25. The summed E-state index contributed by atoms with van der Waals surface area (Å²) in [6, 6.07) is 18.1. The average Bonchev–Trinajstić information content (AvgIpc) is 3.15. The second kappa shape index (κ2) is 9.89. The van der Waals surface area contributed by atoms with Crippen molar-refractivity contribution in [3.05, 3.63) is 66.4 Å². The average molecular weight is 393 g/mol. The van der Waals surface area contributed by atoms with E-state index in [0.29, 0.717) is 19.5 Å². The molecule has 0 saturated carbocycles. The number of carbonyl (C=O) groups excluding carboxylic acids is 1. The van der Waals surface area contributed by atoms with Crippen LogP contribution in [0.25, 0.3) is 16.9 Å². The first-order chi connectivity index (χ1) is 14.1. The highest BCUT2D eigenvalue weighted by atomic mass is 16.5. The molecule has 0 unspecified atom stereocenters. The first-order valence-corrected chi connectivity index (χ1v) is 9.85. The molecule has 0 bridgehead atoms. The summed E-state index contributed by atoms with van der Waals surface area (Å²) in [5.74, 6) is 0.870. The Morgan fingerprint density at radius 3 is 2.48 bits per heavy atom. The molecule has 1 amide bonds. The molecule has 0 atom stereocenters. The van der Waals surface area contributed by atoms with Crippen molar-refractivity contribution in [3.63, 3.8) is 0 Å². The minimum Gasteiger partial charge on any atom is -0.497 e. The Kier molecular flexibility index (Phi) is 7.03. The van der Waals surface area contributed by atoms with Crippen LogP contribution in [0.2, 0.25) is 0 Å². The van der Waals surface area contributed by atoms with Gasteiger partial charge in [0.15, 0.2) is 0 Å². The van der Waals surface area contributed by atoms with Gasteiger partial charge in [-0.05, 0) is 50.2 Å². The molecular formula is C23H28N4O2. The lowest BCUT2D eigenvalue weighted by atomic mass is 10.1. The fourth-order valence-electron chi connectivity index (χ4n) is 3.06. The van der Waals surface area contributed by atoms with Crippen molar-refractivity contribution in [2.45, 2.75) is 32.9 Å². The fraction of sp³-hybridized carbons (Fsp3) is 0.304. The van der Waals surface area contributed by atoms with Gasteiger partial charge >= 0.3 is 0 Å². The van der Waals surface area contributed by atoms with Crippen LogP contribution in [0.1, 0.15) is 25.8 Å². The van der Waals surface area contributed by atoms with Gasteiger partial charge in [0, 0.05) is 42.9 Å². The third kappa shape index (κ3) is 5.68. The van der Waals surface area contributed by atoms with Gasteiger partial charge in [-0.3, -0.25) is 4.79 Å². The quantitative estimate of drug-likeness (QED) is 0.547. The number of para-hydroxylation sites is 1. The Hall–Kier alpha value is -3.12. The number of methoxy groups -OCH3 is 1. The van der Waals surface area contributed by atoms with E-state index in [9.17, 15) is 4.79 Å². The number of hydrogen-bond acceptors (Lipinski definition) is 4. The van der Waals surface area contributed by atoms with Crippen molar-refractivity contribution < 1.29 is 9.53 Å². The molecule has 2 aromatic carbocycles. The van der Waals surface area contributed by atoms with Crippen LogP contribution in [0, 0.1) is 0 Å². The lowest BCUT2D eigenvalue weighted by Crippen LogP contribution is -2.32.